The van der Waals surface area contributed by atoms with E-state index in [9.17, 15) is 9.59 Å². The predicted octanol–water partition coefficient (Wildman–Crippen LogP) is 3.25. The van der Waals surface area contributed by atoms with Crippen LogP contribution in [0.25, 0.3) is 0 Å². The highest BCUT2D eigenvalue weighted by Crippen LogP contribution is 2.42. The number of carboxylic acids is 1. The van der Waals surface area contributed by atoms with Crippen LogP contribution in [0.2, 0.25) is 0 Å². The van der Waals surface area contributed by atoms with Gasteiger partial charge < -0.3 is 9.84 Å². The highest BCUT2D eigenvalue weighted by Gasteiger charge is 2.34. The van der Waals surface area contributed by atoms with Crippen molar-refractivity contribution in [1.82, 2.24) is 0 Å². The van der Waals surface area contributed by atoms with E-state index in [4.69, 9.17) is 9.84 Å². The summed E-state index contributed by atoms with van der Waals surface area (Å²) in [6.07, 6.45) is 4.03. The van der Waals surface area contributed by atoms with Crippen LogP contribution < -0.4 is 0 Å². The zero-order valence-electron chi connectivity index (χ0n) is 12.4. The number of aliphatic carboxylic acids is 1. The molecular formula is C15H26O4. The van der Waals surface area contributed by atoms with Crippen molar-refractivity contribution in [3.8, 4) is 0 Å². The quantitative estimate of drug-likeness (QED) is 0.615. The first-order chi connectivity index (χ1) is 8.71. The molecule has 0 aromatic rings. The Morgan fingerprint density at radius 3 is 2.53 bits per heavy atom. The van der Waals surface area contributed by atoms with E-state index in [1.54, 1.807) is 0 Å². The molecule has 0 saturated heterocycles. The second-order valence-electron chi connectivity index (χ2n) is 6.65. The number of carbonyl (C=O) groups is 2. The maximum Gasteiger partial charge on any atom is 0.317 e. The first kappa shape index (κ1) is 16.0. The highest BCUT2D eigenvalue weighted by molar-refractivity contribution is 5.90. The Hall–Kier alpha value is -1.06. The fraction of sp³-hybridized carbons (Fsp3) is 0.867. The second kappa shape index (κ2) is 6.40. The van der Waals surface area contributed by atoms with Crippen molar-refractivity contribution in [1.29, 1.82) is 0 Å². The lowest BCUT2D eigenvalue weighted by Gasteiger charge is -2.39. The van der Waals surface area contributed by atoms with Crippen molar-refractivity contribution in [3.63, 3.8) is 0 Å². The van der Waals surface area contributed by atoms with Crippen LogP contribution >= 0.6 is 0 Å². The molecule has 0 aliphatic heterocycles. The van der Waals surface area contributed by atoms with Crippen LogP contribution in [0.15, 0.2) is 0 Å². The summed E-state index contributed by atoms with van der Waals surface area (Å²) in [5.74, 6) is -0.945. The van der Waals surface area contributed by atoms with Crippen LogP contribution in [0.1, 0.15) is 59.8 Å². The summed E-state index contributed by atoms with van der Waals surface area (Å²) in [6, 6.07) is 0. The summed E-state index contributed by atoms with van der Waals surface area (Å²) >= 11 is 0. The van der Waals surface area contributed by atoms with E-state index in [0.29, 0.717) is 11.3 Å². The molecule has 0 aromatic carbocycles. The lowest BCUT2D eigenvalue weighted by atomic mass is 9.68. The number of carboxylic acid groups (broad SMARTS) is 1. The van der Waals surface area contributed by atoms with Gasteiger partial charge in [0.15, 0.2) is 0 Å². The first-order valence-corrected chi connectivity index (χ1v) is 7.12. The van der Waals surface area contributed by atoms with E-state index in [1.165, 1.54) is 19.3 Å². The molecule has 110 valence electrons. The van der Waals surface area contributed by atoms with Gasteiger partial charge in [-0.25, -0.2) is 0 Å². The van der Waals surface area contributed by atoms with Crippen molar-refractivity contribution in [2.45, 2.75) is 65.9 Å². The number of rotatable bonds is 5. The van der Waals surface area contributed by atoms with Gasteiger partial charge in [-0.1, -0.05) is 33.6 Å². The van der Waals surface area contributed by atoms with E-state index in [-0.39, 0.29) is 12.0 Å². The third-order valence-electron chi connectivity index (χ3n) is 4.34. The molecule has 0 amide bonds. The minimum Gasteiger partial charge on any atom is -0.481 e. The number of carbonyl (C=O) groups excluding carboxylic acids is 1. The molecule has 1 N–H and O–H groups in total. The molecule has 0 radical (unpaired) electrons. The number of esters is 1. The summed E-state index contributed by atoms with van der Waals surface area (Å²) in [6.45, 7) is 8.54. The topological polar surface area (TPSA) is 63.6 Å². The molecule has 4 nitrogen and oxygen atoms in total. The zero-order chi connectivity index (χ0) is 14.6. The third kappa shape index (κ3) is 5.21. The molecular weight excluding hydrogens is 244 g/mol. The molecule has 0 aromatic heterocycles. The van der Waals surface area contributed by atoms with Crippen molar-refractivity contribution >= 4 is 11.9 Å². The normalized spacial score (nSPS) is 25.4. The monoisotopic (exact) mass is 270 g/mol. The average molecular weight is 270 g/mol. The molecule has 0 bridgehead atoms. The summed E-state index contributed by atoms with van der Waals surface area (Å²) in [5, 5.41) is 8.55. The maximum atomic E-state index is 11.4. The van der Waals surface area contributed by atoms with Crippen molar-refractivity contribution < 1.29 is 19.4 Å². The van der Waals surface area contributed by atoms with Gasteiger partial charge in [0.25, 0.3) is 0 Å². The van der Waals surface area contributed by atoms with Crippen LogP contribution in [-0.4, -0.2) is 23.1 Å². The molecule has 1 rings (SSSR count). The van der Waals surface area contributed by atoms with Crippen LogP contribution in [0.4, 0.5) is 0 Å². The maximum absolute atomic E-state index is 11.4. The van der Waals surface area contributed by atoms with Gasteiger partial charge in [-0.15, -0.1) is 0 Å². The summed E-state index contributed by atoms with van der Waals surface area (Å²) in [7, 11) is 0. The van der Waals surface area contributed by atoms with E-state index in [2.05, 4.69) is 20.8 Å². The van der Waals surface area contributed by atoms with Gasteiger partial charge >= 0.3 is 11.9 Å². The van der Waals surface area contributed by atoms with Gasteiger partial charge in [0, 0.05) is 0 Å². The summed E-state index contributed by atoms with van der Waals surface area (Å²) < 4.78 is 5.22. The Labute approximate surface area is 115 Å². The van der Waals surface area contributed by atoms with Gasteiger partial charge in [0.2, 0.25) is 0 Å². The van der Waals surface area contributed by atoms with Crippen LogP contribution in [0, 0.1) is 17.3 Å². The van der Waals surface area contributed by atoms with Crippen LogP contribution in [0.5, 0.6) is 0 Å². The Bertz CT molecular complexity index is 335. The number of hydrogen-bond acceptors (Lipinski definition) is 3. The summed E-state index contributed by atoms with van der Waals surface area (Å²) in [4.78, 5) is 21.8. The van der Waals surface area contributed by atoms with Gasteiger partial charge in [-0.2, -0.15) is 0 Å². The molecule has 19 heavy (non-hydrogen) atoms. The minimum absolute atomic E-state index is 0.217. The Morgan fingerprint density at radius 1 is 1.37 bits per heavy atom. The van der Waals surface area contributed by atoms with Crippen molar-refractivity contribution in [2.24, 2.45) is 17.3 Å². The fourth-order valence-electron chi connectivity index (χ4n) is 3.07. The lowest BCUT2D eigenvalue weighted by Crippen LogP contribution is -2.33. The van der Waals surface area contributed by atoms with E-state index >= 15 is 0 Å². The van der Waals surface area contributed by atoms with Gasteiger partial charge in [0.1, 0.15) is 12.5 Å². The van der Waals surface area contributed by atoms with Crippen LogP contribution in [0.3, 0.4) is 0 Å². The Morgan fingerprint density at radius 2 is 2.00 bits per heavy atom. The highest BCUT2D eigenvalue weighted by atomic mass is 16.5. The van der Waals surface area contributed by atoms with E-state index in [1.807, 2.05) is 6.92 Å². The minimum atomic E-state index is -1.14. The molecule has 3 unspecified atom stereocenters. The standard InChI is InChI=1S/C15H26O4/c1-10(11(2)19-14(18)8-13(16)17)12-6-5-7-15(3,4)9-12/h10-12H,5-9H2,1-4H3,(H,16,17). The fourth-order valence-corrected chi connectivity index (χ4v) is 3.07. The predicted molar refractivity (Wildman–Crippen MR) is 72.7 cm³/mol. The lowest BCUT2D eigenvalue weighted by molar-refractivity contribution is -0.157. The smallest absolute Gasteiger partial charge is 0.317 e. The molecule has 0 heterocycles. The largest absolute Gasteiger partial charge is 0.481 e. The van der Waals surface area contributed by atoms with Crippen molar-refractivity contribution in [2.75, 3.05) is 0 Å². The Kier molecular flexibility index (Phi) is 5.39. The number of hydrogen-bond donors (Lipinski definition) is 1. The van der Waals surface area contributed by atoms with E-state index < -0.39 is 18.4 Å². The molecule has 1 saturated carbocycles. The van der Waals surface area contributed by atoms with Gasteiger partial charge in [-0.05, 0) is 37.0 Å². The first-order valence-electron chi connectivity index (χ1n) is 7.12. The Balaban J connectivity index is 2.49. The molecule has 1 fully saturated rings. The van der Waals surface area contributed by atoms with Gasteiger partial charge in [0.05, 0.1) is 0 Å². The molecule has 1 aliphatic carbocycles. The third-order valence-corrected chi connectivity index (χ3v) is 4.34. The SMILES string of the molecule is CC(OC(=O)CC(=O)O)C(C)C1CCCC(C)(C)C1. The van der Waals surface area contributed by atoms with Crippen LogP contribution in [-0.2, 0) is 14.3 Å². The average Bonchev–Trinajstić information content (AvgIpc) is 2.25. The molecule has 4 heteroatoms. The van der Waals surface area contributed by atoms with Crippen molar-refractivity contribution in [3.05, 3.63) is 0 Å². The summed E-state index contributed by atoms with van der Waals surface area (Å²) in [5.41, 5.74) is 0.363. The molecule has 3 atom stereocenters. The molecule has 1 aliphatic rings. The number of ether oxygens (including phenoxy) is 1. The van der Waals surface area contributed by atoms with Gasteiger partial charge in [-0.3, -0.25) is 9.59 Å². The molecule has 0 spiro atoms. The zero-order valence-corrected chi connectivity index (χ0v) is 12.4. The second-order valence-corrected chi connectivity index (χ2v) is 6.65. The van der Waals surface area contributed by atoms with E-state index in [0.717, 1.165) is 6.42 Å².